The minimum atomic E-state index is -0.798. The Bertz CT molecular complexity index is 1320. The van der Waals surface area contributed by atoms with Gasteiger partial charge in [0, 0.05) is 23.7 Å². The SMILES string of the molecule is CCOc1cc(C2C(=C(O)c3ccc(Cl)cc3)C(=O)C(=O)N2CCN(C)C)ccc1OCc1ccccc1. The minimum absolute atomic E-state index is 0.0245. The maximum absolute atomic E-state index is 13.3. The second-order valence-corrected chi connectivity index (χ2v) is 9.65. The number of likely N-dealkylation sites (N-methyl/N-ethyl adjacent to an activating group) is 1. The predicted molar refractivity (Wildman–Crippen MR) is 147 cm³/mol. The molecule has 0 aliphatic carbocycles. The summed E-state index contributed by atoms with van der Waals surface area (Å²) in [6.45, 7) is 3.48. The average molecular weight is 535 g/mol. The zero-order chi connectivity index (χ0) is 27.2. The molecule has 0 spiro atoms. The molecule has 8 heteroatoms. The molecule has 0 aromatic heterocycles. The summed E-state index contributed by atoms with van der Waals surface area (Å²) in [5.41, 5.74) is 2.07. The molecule has 1 unspecified atom stereocenters. The summed E-state index contributed by atoms with van der Waals surface area (Å²) >= 11 is 6.02. The van der Waals surface area contributed by atoms with E-state index in [9.17, 15) is 14.7 Å². The van der Waals surface area contributed by atoms with E-state index in [2.05, 4.69) is 0 Å². The van der Waals surface area contributed by atoms with Gasteiger partial charge in [-0.25, -0.2) is 0 Å². The molecule has 0 radical (unpaired) electrons. The number of ketones is 1. The van der Waals surface area contributed by atoms with Crippen molar-refractivity contribution in [2.45, 2.75) is 19.6 Å². The molecule has 3 aromatic rings. The number of halogens is 1. The average Bonchev–Trinajstić information content (AvgIpc) is 3.17. The summed E-state index contributed by atoms with van der Waals surface area (Å²) in [6.07, 6.45) is 0. The molecular weight excluding hydrogens is 504 g/mol. The first-order chi connectivity index (χ1) is 18.3. The molecule has 3 aromatic carbocycles. The first-order valence-corrected chi connectivity index (χ1v) is 12.8. The lowest BCUT2D eigenvalue weighted by atomic mass is 9.95. The maximum atomic E-state index is 13.3. The van der Waals surface area contributed by atoms with Crippen LogP contribution in [0.1, 0.15) is 29.7 Å². The minimum Gasteiger partial charge on any atom is -0.507 e. The molecule has 1 N–H and O–H groups in total. The number of carbonyl (C=O) groups is 2. The second-order valence-electron chi connectivity index (χ2n) is 9.22. The Labute approximate surface area is 227 Å². The topological polar surface area (TPSA) is 79.3 Å². The molecule has 38 heavy (non-hydrogen) atoms. The van der Waals surface area contributed by atoms with Crippen LogP contribution in [-0.2, 0) is 16.2 Å². The van der Waals surface area contributed by atoms with Crippen LogP contribution in [0, 0.1) is 0 Å². The van der Waals surface area contributed by atoms with Crippen LogP contribution >= 0.6 is 11.6 Å². The highest BCUT2D eigenvalue weighted by molar-refractivity contribution is 6.46. The fourth-order valence-corrected chi connectivity index (χ4v) is 4.47. The molecule has 0 saturated carbocycles. The van der Waals surface area contributed by atoms with Crippen molar-refractivity contribution in [3.63, 3.8) is 0 Å². The van der Waals surface area contributed by atoms with Gasteiger partial charge in [-0.3, -0.25) is 9.59 Å². The Morgan fingerprint density at radius 3 is 2.34 bits per heavy atom. The number of amides is 1. The molecular formula is C30H31ClN2O5. The maximum Gasteiger partial charge on any atom is 0.295 e. The van der Waals surface area contributed by atoms with Gasteiger partial charge in [0.15, 0.2) is 11.5 Å². The van der Waals surface area contributed by atoms with Crippen LogP contribution in [-0.4, -0.2) is 60.4 Å². The summed E-state index contributed by atoms with van der Waals surface area (Å²) < 4.78 is 11.9. The predicted octanol–water partition coefficient (Wildman–Crippen LogP) is 5.30. The lowest BCUT2D eigenvalue weighted by molar-refractivity contribution is -0.140. The van der Waals surface area contributed by atoms with Crippen molar-refractivity contribution < 1.29 is 24.2 Å². The highest BCUT2D eigenvalue weighted by Crippen LogP contribution is 2.42. The van der Waals surface area contributed by atoms with Crippen LogP contribution in [0.5, 0.6) is 11.5 Å². The lowest BCUT2D eigenvalue weighted by Crippen LogP contribution is -2.35. The van der Waals surface area contributed by atoms with Gasteiger partial charge in [0.05, 0.1) is 18.2 Å². The number of nitrogens with zero attached hydrogens (tertiary/aromatic N) is 2. The Morgan fingerprint density at radius 2 is 1.68 bits per heavy atom. The molecule has 1 aliphatic rings. The Balaban J connectivity index is 1.77. The van der Waals surface area contributed by atoms with E-state index in [0.717, 1.165) is 5.56 Å². The summed E-state index contributed by atoms with van der Waals surface area (Å²) in [7, 11) is 3.79. The smallest absolute Gasteiger partial charge is 0.295 e. The standard InChI is InChI=1S/C30H31ClN2O5/c1-4-37-25-18-22(12-15-24(25)38-19-20-8-6-5-7-9-20)27-26(28(34)21-10-13-23(31)14-11-21)29(35)30(36)33(27)17-16-32(2)3/h5-15,18,27,34H,4,16-17,19H2,1-3H3. The van der Waals surface area contributed by atoms with E-state index in [1.807, 2.05) is 56.3 Å². The third kappa shape index (κ3) is 6.01. The number of hydrogen-bond acceptors (Lipinski definition) is 6. The number of likely N-dealkylation sites (tertiary alicyclic amines) is 1. The number of benzene rings is 3. The summed E-state index contributed by atoms with van der Waals surface area (Å²) in [4.78, 5) is 29.9. The Hall–Kier alpha value is -3.81. The third-order valence-electron chi connectivity index (χ3n) is 6.27. The molecule has 1 fully saturated rings. The number of carbonyl (C=O) groups excluding carboxylic acids is 2. The van der Waals surface area contributed by atoms with E-state index in [-0.39, 0.29) is 11.3 Å². The molecule has 1 heterocycles. The quantitative estimate of drug-likeness (QED) is 0.216. The van der Waals surface area contributed by atoms with E-state index >= 15 is 0 Å². The van der Waals surface area contributed by atoms with Crippen molar-refractivity contribution in [3.8, 4) is 11.5 Å². The summed E-state index contributed by atoms with van der Waals surface area (Å²) in [5.74, 6) is -0.606. The van der Waals surface area contributed by atoms with Gasteiger partial charge in [0.1, 0.15) is 12.4 Å². The third-order valence-corrected chi connectivity index (χ3v) is 6.52. The van der Waals surface area contributed by atoms with Gasteiger partial charge < -0.3 is 24.4 Å². The van der Waals surface area contributed by atoms with Crippen molar-refractivity contribution in [3.05, 3.63) is 100 Å². The highest BCUT2D eigenvalue weighted by Gasteiger charge is 2.46. The molecule has 0 bridgehead atoms. The van der Waals surface area contributed by atoms with Gasteiger partial charge in [-0.15, -0.1) is 0 Å². The number of aliphatic hydroxyl groups is 1. The Morgan fingerprint density at radius 1 is 0.974 bits per heavy atom. The molecule has 7 nitrogen and oxygen atoms in total. The van der Waals surface area contributed by atoms with Crippen LogP contribution in [0.3, 0.4) is 0 Å². The van der Waals surface area contributed by atoms with Crippen LogP contribution in [0.4, 0.5) is 0 Å². The second kappa shape index (κ2) is 12.2. The summed E-state index contributed by atoms with van der Waals surface area (Å²) in [5, 5.41) is 11.7. The van der Waals surface area contributed by atoms with E-state index in [4.69, 9.17) is 21.1 Å². The van der Waals surface area contributed by atoms with Gasteiger partial charge in [-0.2, -0.15) is 0 Å². The first kappa shape index (κ1) is 27.2. The Kier molecular flexibility index (Phi) is 8.71. The van der Waals surface area contributed by atoms with E-state index in [1.54, 1.807) is 42.5 Å². The van der Waals surface area contributed by atoms with E-state index in [1.165, 1.54) is 4.90 Å². The zero-order valence-corrected chi connectivity index (χ0v) is 22.4. The molecule has 1 aliphatic heterocycles. The van der Waals surface area contributed by atoms with E-state index < -0.39 is 17.7 Å². The first-order valence-electron chi connectivity index (χ1n) is 12.4. The normalized spacial score (nSPS) is 16.8. The molecule has 1 saturated heterocycles. The fourth-order valence-electron chi connectivity index (χ4n) is 4.35. The van der Waals surface area contributed by atoms with Crippen LogP contribution < -0.4 is 9.47 Å². The van der Waals surface area contributed by atoms with Crippen molar-refractivity contribution >= 4 is 29.1 Å². The largest absolute Gasteiger partial charge is 0.507 e. The van der Waals surface area contributed by atoms with Crippen LogP contribution in [0.25, 0.3) is 5.76 Å². The van der Waals surface area contributed by atoms with Gasteiger partial charge in [0.2, 0.25) is 0 Å². The van der Waals surface area contributed by atoms with Crippen molar-refractivity contribution in [2.75, 3.05) is 33.8 Å². The number of rotatable bonds is 10. The summed E-state index contributed by atoms with van der Waals surface area (Å²) in [6, 6.07) is 20.8. The number of hydrogen-bond donors (Lipinski definition) is 1. The molecule has 1 atom stereocenters. The molecule has 198 valence electrons. The van der Waals surface area contributed by atoms with Crippen molar-refractivity contribution in [2.24, 2.45) is 0 Å². The van der Waals surface area contributed by atoms with Gasteiger partial charge in [-0.1, -0.05) is 48.0 Å². The number of Topliss-reactive ketones (excluding diaryl/α,β-unsaturated/α-hetero) is 1. The van der Waals surface area contributed by atoms with Gasteiger partial charge in [-0.05, 0) is 68.5 Å². The molecule has 1 amide bonds. The van der Waals surface area contributed by atoms with Crippen molar-refractivity contribution in [1.29, 1.82) is 0 Å². The van der Waals surface area contributed by atoms with E-state index in [0.29, 0.717) is 54.0 Å². The van der Waals surface area contributed by atoms with Crippen LogP contribution in [0.15, 0.2) is 78.4 Å². The number of ether oxygens (including phenoxy) is 2. The van der Waals surface area contributed by atoms with Crippen LogP contribution in [0.2, 0.25) is 5.02 Å². The van der Waals surface area contributed by atoms with Gasteiger partial charge in [0.25, 0.3) is 11.7 Å². The zero-order valence-electron chi connectivity index (χ0n) is 21.7. The molecule has 4 rings (SSSR count). The lowest BCUT2D eigenvalue weighted by Gasteiger charge is -2.27. The fraction of sp³-hybridized carbons (Fsp3) is 0.267. The highest BCUT2D eigenvalue weighted by atomic mass is 35.5. The number of aliphatic hydroxyl groups excluding tert-OH is 1. The van der Waals surface area contributed by atoms with Gasteiger partial charge >= 0.3 is 0 Å². The van der Waals surface area contributed by atoms with Crippen molar-refractivity contribution in [1.82, 2.24) is 9.80 Å². The monoisotopic (exact) mass is 534 g/mol.